The highest BCUT2D eigenvalue weighted by atomic mass is 15.2. The highest BCUT2D eigenvalue weighted by Gasteiger charge is 2.45. The monoisotopic (exact) mass is 832 g/mol. The van der Waals surface area contributed by atoms with E-state index < -0.39 is 0 Å². The van der Waals surface area contributed by atoms with Crippen molar-refractivity contribution in [2.75, 3.05) is 9.80 Å². The number of benzene rings is 8. The first kappa shape index (κ1) is 41.4. The maximum Gasteiger partial charge on any atom is 0.0543 e. The van der Waals surface area contributed by atoms with Crippen LogP contribution in [-0.2, 0) is 21.7 Å². The minimum atomic E-state index is -0.309. The predicted molar refractivity (Wildman–Crippen MR) is 274 cm³/mol. The fourth-order valence-corrected chi connectivity index (χ4v) is 10.8. The zero-order valence-corrected chi connectivity index (χ0v) is 39.2. The Hall–Kier alpha value is -6.64. The van der Waals surface area contributed by atoms with Crippen LogP contribution in [0, 0.1) is 0 Å². The Kier molecular flexibility index (Phi) is 9.69. The van der Waals surface area contributed by atoms with Crippen LogP contribution in [0.2, 0.25) is 0 Å². The van der Waals surface area contributed by atoms with Crippen LogP contribution in [0.5, 0.6) is 0 Å². The molecule has 0 saturated heterocycles. The van der Waals surface area contributed by atoms with Crippen LogP contribution in [-0.4, -0.2) is 0 Å². The molecule has 0 aliphatic heterocycles. The fraction of sp³-hybridized carbons (Fsp3) is 0.226. The Morgan fingerprint density at radius 3 is 0.891 bits per heavy atom. The van der Waals surface area contributed by atoms with E-state index >= 15 is 0 Å². The number of para-hydroxylation sites is 4. The normalized spacial score (nSPS) is 14.3. The van der Waals surface area contributed by atoms with Gasteiger partial charge in [-0.3, -0.25) is 0 Å². The van der Waals surface area contributed by atoms with E-state index in [4.69, 9.17) is 0 Å². The zero-order valence-electron chi connectivity index (χ0n) is 39.2. The van der Waals surface area contributed by atoms with Crippen LogP contribution in [0.4, 0.5) is 34.1 Å². The second-order valence-corrected chi connectivity index (χ2v) is 21.0. The molecule has 0 amide bonds. The molecule has 2 heteroatoms. The Labute approximate surface area is 381 Å². The Morgan fingerprint density at radius 1 is 0.328 bits per heavy atom. The van der Waals surface area contributed by atoms with Gasteiger partial charge in [-0.15, -0.1) is 0 Å². The van der Waals surface area contributed by atoms with Crippen molar-refractivity contribution < 1.29 is 0 Å². The molecule has 0 aromatic heterocycles. The van der Waals surface area contributed by atoms with Crippen molar-refractivity contribution in [3.63, 3.8) is 0 Å². The minimum Gasteiger partial charge on any atom is -0.310 e. The van der Waals surface area contributed by atoms with E-state index in [9.17, 15) is 0 Å². The van der Waals surface area contributed by atoms with E-state index in [-0.39, 0.29) is 21.7 Å². The molecule has 0 radical (unpaired) electrons. The maximum atomic E-state index is 2.51. The standard InChI is InChI=1S/C62H60N2/c1-59(2,3)41-31-33-49-51(39-41)61(7,8)57-47(35-37-53(55(49)57)63(43-23-15-11-16-24-43)44-25-17-12-18-26-44)48-36-38-54(64(45-27-19-13-20-28-45)46-29-21-14-22-30-46)56-50-34-32-42(60(4,5)6)40-52(50)62(9,10)58(48)56/h11-40H,1-10H3. The molecule has 0 bridgehead atoms. The van der Waals surface area contributed by atoms with Crippen molar-refractivity contribution in [1.82, 2.24) is 0 Å². The van der Waals surface area contributed by atoms with Crippen molar-refractivity contribution in [3.8, 4) is 33.4 Å². The molecule has 2 nitrogen and oxygen atoms in total. The summed E-state index contributed by atoms with van der Waals surface area (Å²) in [5, 5.41) is 0. The van der Waals surface area contributed by atoms with Crippen molar-refractivity contribution >= 4 is 34.1 Å². The summed E-state index contributed by atoms with van der Waals surface area (Å²) in [5.74, 6) is 0. The van der Waals surface area contributed by atoms with Crippen molar-refractivity contribution in [1.29, 1.82) is 0 Å². The molecule has 2 aliphatic rings. The third-order valence-corrected chi connectivity index (χ3v) is 14.1. The molecule has 0 saturated carbocycles. The molecule has 0 heterocycles. The molecule has 0 unspecified atom stereocenters. The SMILES string of the molecule is CC(C)(C)c1ccc2c(c1)C(C)(C)c1c(-c3ccc(N(c4ccccc4)c4ccccc4)c4c3C(C)(C)c3cc(C(C)(C)C)ccc3-4)ccc(N(c3ccccc3)c3ccccc3)c1-2. The van der Waals surface area contributed by atoms with Gasteiger partial charge < -0.3 is 9.80 Å². The van der Waals surface area contributed by atoms with Crippen LogP contribution in [0.1, 0.15) is 103 Å². The van der Waals surface area contributed by atoms with Gasteiger partial charge in [-0.1, -0.05) is 191 Å². The van der Waals surface area contributed by atoms with Gasteiger partial charge in [-0.2, -0.15) is 0 Å². The molecule has 318 valence electrons. The van der Waals surface area contributed by atoms with E-state index in [1.54, 1.807) is 0 Å². The Balaban J connectivity index is 1.31. The Bertz CT molecular complexity index is 2750. The van der Waals surface area contributed by atoms with Gasteiger partial charge in [0.2, 0.25) is 0 Å². The molecule has 0 N–H and O–H groups in total. The summed E-state index contributed by atoms with van der Waals surface area (Å²) in [5.41, 5.74) is 22.4. The molecule has 0 atom stereocenters. The second kappa shape index (κ2) is 15.0. The van der Waals surface area contributed by atoms with Crippen LogP contribution < -0.4 is 9.80 Å². The van der Waals surface area contributed by atoms with Gasteiger partial charge in [0, 0.05) is 44.7 Å². The van der Waals surface area contributed by atoms with Crippen molar-refractivity contribution in [2.24, 2.45) is 0 Å². The van der Waals surface area contributed by atoms with Gasteiger partial charge in [0.15, 0.2) is 0 Å². The molecule has 8 aromatic rings. The summed E-state index contributed by atoms with van der Waals surface area (Å²) in [4.78, 5) is 4.93. The first-order valence-electron chi connectivity index (χ1n) is 23.0. The molecule has 8 aromatic carbocycles. The summed E-state index contributed by atoms with van der Waals surface area (Å²) >= 11 is 0. The quantitative estimate of drug-likeness (QED) is 0.158. The summed E-state index contributed by atoms with van der Waals surface area (Å²) in [6.45, 7) is 23.8. The number of nitrogens with zero attached hydrogens (tertiary/aromatic N) is 2. The molecular weight excluding hydrogens is 773 g/mol. The van der Waals surface area contributed by atoms with E-state index in [0.29, 0.717) is 0 Å². The zero-order chi connectivity index (χ0) is 44.8. The van der Waals surface area contributed by atoms with Crippen LogP contribution >= 0.6 is 0 Å². The number of hydrogen-bond donors (Lipinski definition) is 0. The highest BCUT2D eigenvalue weighted by molar-refractivity contribution is 6.03. The summed E-state index contributed by atoms with van der Waals surface area (Å²) < 4.78 is 0. The largest absolute Gasteiger partial charge is 0.310 e. The molecule has 64 heavy (non-hydrogen) atoms. The molecule has 10 rings (SSSR count). The van der Waals surface area contributed by atoms with Crippen LogP contribution in [0.25, 0.3) is 33.4 Å². The van der Waals surface area contributed by atoms with Crippen LogP contribution in [0.3, 0.4) is 0 Å². The van der Waals surface area contributed by atoms with Gasteiger partial charge in [-0.05, 0) is 127 Å². The fourth-order valence-electron chi connectivity index (χ4n) is 10.8. The lowest BCUT2D eigenvalue weighted by atomic mass is 9.73. The lowest BCUT2D eigenvalue weighted by Crippen LogP contribution is -2.21. The summed E-state index contributed by atoms with van der Waals surface area (Å²) in [6.07, 6.45) is 0. The van der Waals surface area contributed by atoms with E-state index in [1.165, 1.54) is 78.1 Å². The molecule has 0 spiro atoms. The van der Waals surface area contributed by atoms with Crippen molar-refractivity contribution in [2.45, 2.75) is 90.9 Å². The van der Waals surface area contributed by atoms with Gasteiger partial charge in [0.05, 0.1) is 11.4 Å². The molecule has 0 fully saturated rings. The number of anilines is 6. The average Bonchev–Trinajstić information content (AvgIpc) is 3.68. The van der Waals surface area contributed by atoms with Gasteiger partial charge >= 0.3 is 0 Å². The maximum absolute atomic E-state index is 2.51. The lowest BCUT2D eigenvalue weighted by Gasteiger charge is -2.33. The van der Waals surface area contributed by atoms with Gasteiger partial charge in [-0.25, -0.2) is 0 Å². The van der Waals surface area contributed by atoms with E-state index in [0.717, 1.165) is 22.7 Å². The molecule has 2 aliphatic carbocycles. The van der Waals surface area contributed by atoms with Crippen LogP contribution in [0.15, 0.2) is 182 Å². The number of fused-ring (bicyclic) bond motifs is 6. The van der Waals surface area contributed by atoms with E-state index in [1.807, 2.05) is 0 Å². The summed E-state index contributed by atoms with van der Waals surface area (Å²) in [6, 6.07) is 67.8. The highest BCUT2D eigenvalue weighted by Crippen LogP contribution is 2.62. The average molecular weight is 833 g/mol. The topological polar surface area (TPSA) is 6.48 Å². The first-order chi connectivity index (χ1) is 30.6. The minimum absolute atomic E-state index is 0.00734. The number of hydrogen-bond acceptors (Lipinski definition) is 2. The Morgan fingerprint density at radius 2 is 0.609 bits per heavy atom. The third kappa shape index (κ3) is 6.61. The lowest BCUT2D eigenvalue weighted by molar-refractivity contribution is 0.584. The first-order valence-corrected chi connectivity index (χ1v) is 23.0. The smallest absolute Gasteiger partial charge is 0.0543 e. The van der Waals surface area contributed by atoms with E-state index in [2.05, 4.69) is 261 Å². The van der Waals surface area contributed by atoms with Gasteiger partial charge in [0.1, 0.15) is 0 Å². The molecular formula is C62H60N2. The summed E-state index contributed by atoms with van der Waals surface area (Å²) in [7, 11) is 0. The third-order valence-electron chi connectivity index (χ3n) is 14.1. The number of rotatable bonds is 7. The second-order valence-electron chi connectivity index (χ2n) is 21.0. The van der Waals surface area contributed by atoms with Crippen molar-refractivity contribution in [3.05, 3.63) is 215 Å². The predicted octanol–water partition coefficient (Wildman–Crippen LogP) is 17.5. The van der Waals surface area contributed by atoms with Gasteiger partial charge in [0.25, 0.3) is 0 Å².